The van der Waals surface area contributed by atoms with E-state index < -0.39 is 9.84 Å². The predicted octanol–water partition coefficient (Wildman–Crippen LogP) is 2.86. The summed E-state index contributed by atoms with van der Waals surface area (Å²) in [6, 6.07) is 14.2. The molecule has 0 aromatic heterocycles. The molecule has 0 bridgehead atoms. The zero-order valence-electron chi connectivity index (χ0n) is 12.1. The number of aryl methyl sites for hydroxylation is 1. The summed E-state index contributed by atoms with van der Waals surface area (Å²) in [6.45, 7) is 2.83. The molecule has 0 atom stereocenters. The Labute approximate surface area is 125 Å². The first-order valence-corrected chi connectivity index (χ1v) is 8.47. The first-order valence-electron chi connectivity index (χ1n) is 6.57. The number of rotatable bonds is 6. The van der Waals surface area contributed by atoms with Crippen molar-refractivity contribution in [3.63, 3.8) is 0 Å². The minimum absolute atomic E-state index is 0.283. The summed E-state index contributed by atoms with van der Waals surface area (Å²) in [5, 5.41) is 0. The molecule has 0 amide bonds. The molecule has 2 rings (SSSR count). The molecule has 4 nitrogen and oxygen atoms in total. The van der Waals surface area contributed by atoms with E-state index >= 15 is 0 Å². The SMILES string of the molecule is Cc1cccc(OCCOc2ccc(S(C)(=O)=O)cc2)c1. The van der Waals surface area contributed by atoms with E-state index in [-0.39, 0.29) is 4.90 Å². The largest absolute Gasteiger partial charge is 0.490 e. The van der Waals surface area contributed by atoms with Crippen LogP contribution in [0.3, 0.4) is 0 Å². The molecule has 0 radical (unpaired) electrons. The third-order valence-electron chi connectivity index (χ3n) is 2.86. The van der Waals surface area contributed by atoms with E-state index in [0.29, 0.717) is 19.0 Å². The fourth-order valence-electron chi connectivity index (χ4n) is 1.81. The lowest BCUT2D eigenvalue weighted by Gasteiger charge is -2.09. The maximum Gasteiger partial charge on any atom is 0.175 e. The van der Waals surface area contributed by atoms with Crippen LogP contribution in [0.1, 0.15) is 5.56 Å². The lowest BCUT2D eigenvalue weighted by atomic mass is 10.2. The van der Waals surface area contributed by atoms with E-state index in [1.807, 2.05) is 31.2 Å². The van der Waals surface area contributed by atoms with Crippen LogP contribution in [0.15, 0.2) is 53.4 Å². The number of hydrogen-bond donors (Lipinski definition) is 0. The molecule has 0 aliphatic heterocycles. The van der Waals surface area contributed by atoms with Crippen LogP contribution < -0.4 is 9.47 Å². The average Bonchev–Trinajstić information content (AvgIpc) is 2.43. The van der Waals surface area contributed by atoms with Crippen LogP contribution >= 0.6 is 0 Å². The van der Waals surface area contributed by atoms with Crippen molar-refractivity contribution in [1.82, 2.24) is 0 Å². The van der Waals surface area contributed by atoms with Crippen molar-refractivity contribution in [1.29, 1.82) is 0 Å². The monoisotopic (exact) mass is 306 g/mol. The molecular formula is C16H18O4S. The Morgan fingerprint density at radius 2 is 1.52 bits per heavy atom. The van der Waals surface area contributed by atoms with Gasteiger partial charge < -0.3 is 9.47 Å². The lowest BCUT2D eigenvalue weighted by molar-refractivity contribution is 0.217. The minimum atomic E-state index is -3.17. The molecule has 0 saturated heterocycles. The minimum Gasteiger partial charge on any atom is -0.490 e. The summed E-state index contributed by atoms with van der Waals surface area (Å²) in [5.74, 6) is 1.43. The first kappa shape index (κ1) is 15.4. The Bertz CT molecular complexity index is 690. The second-order valence-electron chi connectivity index (χ2n) is 4.76. The molecule has 0 saturated carbocycles. The summed E-state index contributed by atoms with van der Waals surface area (Å²) in [6.07, 6.45) is 1.18. The number of benzene rings is 2. The van der Waals surface area contributed by atoms with Gasteiger partial charge in [0.25, 0.3) is 0 Å². The smallest absolute Gasteiger partial charge is 0.175 e. The summed E-state index contributed by atoms with van der Waals surface area (Å²) in [7, 11) is -3.17. The van der Waals surface area contributed by atoms with Crippen molar-refractivity contribution in [2.24, 2.45) is 0 Å². The lowest BCUT2D eigenvalue weighted by Crippen LogP contribution is -2.09. The van der Waals surface area contributed by atoms with E-state index in [9.17, 15) is 8.42 Å². The molecule has 2 aromatic carbocycles. The van der Waals surface area contributed by atoms with E-state index in [0.717, 1.165) is 11.3 Å². The zero-order valence-corrected chi connectivity index (χ0v) is 12.9. The van der Waals surface area contributed by atoms with Gasteiger partial charge in [-0.05, 0) is 48.9 Å². The highest BCUT2D eigenvalue weighted by Crippen LogP contribution is 2.16. The van der Waals surface area contributed by atoms with E-state index in [1.54, 1.807) is 12.1 Å². The van der Waals surface area contributed by atoms with Crippen LogP contribution in [0.2, 0.25) is 0 Å². The van der Waals surface area contributed by atoms with Gasteiger partial charge in [0.2, 0.25) is 0 Å². The Balaban J connectivity index is 1.81. The Morgan fingerprint density at radius 3 is 2.10 bits per heavy atom. The number of ether oxygens (including phenoxy) is 2. The third kappa shape index (κ3) is 4.79. The molecule has 21 heavy (non-hydrogen) atoms. The van der Waals surface area contributed by atoms with Gasteiger partial charge in [0.05, 0.1) is 4.90 Å². The Morgan fingerprint density at radius 1 is 0.905 bits per heavy atom. The summed E-state index contributed by atoms with van der Waals surface area (Å²) in [5.41, 5.74) is 1.14. The first-order chi connectivity index (χ1) is 9.95. The summed E-state index contributed by atoms with van der Waals surface area (Å²) < 4.78 is 33.7. The molecule has 5 heteroatoms. The van der Waals surface area contributed by atoms with Crippen molar-refractivity contribution in [2.45, 2.75) is 11.8 Å². The van der Waals surface area contributed by atoms with E-state index in [2.05, 4.69) is 0 Å². The summed E-state index contributed by atoms with van der Waals surface area (Å²) >= 11 is 0. The molecular weight excluding hydrogens is 288 g/mol. The van der Waals surface area contributed by atoms with Gasteiger partial charge in [0, 0.05) is 6.26 Å². The number of sulfone groups is 1. The molecule has 0 N–H and O–H groups in total. The van der Waals surface area contributed by atoms with E-state index in [1.165, 1.54) is 18.4 Å². The summed E-state index contributed by atoms with van der Waals surface area (Å²) in [4.78, 5) is 0.283. The highest BCUT2D eigenvalue weighted by atomic mass is 32.2. The molecule has 0 unspecified atom stereocenters. The van der Waals surface area contributed by atoms with Gasteiger partial charge in [-0.2, -0.15) is 0 Å². The van der Waals surface area contributed by atoms with Crippen LogP contribution in [0, 0.1) is 6.92 Å². The quantitative estimate of drug-likeness (QED) is 0.770. The Hall–Kier alpha value is -2.01. The van der Waals surface area contributed by atoms with E-state index in [4.69, 9.17) is 9.47 Å². The van der Waals surface area contributed by atoms with Gasteiger partial charge in [0.1, 0.15) is 24.7 Å². The van der Waals surface area contributed by atoms with Crippen molar-refractivity contribution < 1.29 is 17.9 Å². The fraction of sp³-hybridized carbons (Fsp3) is 0.250. The van der Waals surface area contributed by atoms with Crippen molar-refractivity contribution >= 4 is 9.84 Å². The third-order valence-corrected chi connectivity index (χ3v) is 3.99. The maximum absolute atomic E-state index is 11.3. The van der Waals surface area contributed by atoms with Crippen LogP contribution in [0.25, 0.3) is 0 Å². The van der Waals surface area contributed by atoms with Crippen LogP contribution in [-0.4, -0.2) is 27.9 Å². The van der Waals surface area contributed by atoms with Gasteiger partial charge in [-0.3, -0.25) is 0 Å². The van der Waals surface area contributed by atoms with Crippen molar-refractivity contribution in [2.75, 3.05) is 19.5 Å². The molecule has 0 aliphatic carbocycles. The number of hydrogen-bond acceptors (Lipinski definition) is 4. The van der Waals surface area contributed by atoms with Gasteiger partial charge in [-0.1, -0.05) is 12.1 Å². The van der Waals surface area contributed by atoms with Gasteiger partial charge in [-0.15, -0.1) is 0 Å². The molecule has 0 heterocycles. The normalized spacial score (nSPS) is 11.1. The molecule has 0 aliphatic rings. The van der Waals surface area contributed by atoms with Gasteiger partial charge in [-0.25, -0.2) is 8.42 Å². The van der Waals surface area contributed by atoms with Crippen LogP contribution in [0.4, 0.5) is 0 Å². The van der Waals surface area contributed by atoms with Crippen molar-refractivity contribution in [3.8, 4) is 11.5 Å². The zero-order chi connectivity index (χ0) is 15.3. The average molecular weight is 306 g/mol. The molecule has 0 spiro atoms. The second-order valence-corrected chi connectivity index (χ2v) is 6.77. The van der Waals surface area contributed by atoms with Crippen LogP contribution in [0.5, 0.6) is 11.5 Å². The predicted molar refractivity (Wildman–Crippen MR) is 81.7 cm³/mol. The molecule has 112 valence electrons. The standard InChI is InChI=1S/C16H18O4S/c1-13-4-3-5-15(12-13)20-11-10-19-14-6-8-16(9-7-14)21(2,17)18/h3-9,12H,10-11H2,1-2H3. The van der Waals surface area contributed by atoms with Gasteiger partial charge in [0.15, 0.2) is 9.84 Å². The second kappa shape index (κ2) is 6.63. The van der Waals surface area contributed by atoms with Crippen LogP contribution in [-0.2, 0) is 9.84 Å². The maximum atomic E-state index is 11.3. The molecule has 0 fully saturated rings. The van der Waals surface area contributed by atoms with Crippen molar-refractivity contribution in [3.05, 3.63) is 54.1 Å². The highest BCUT2D eigenvalue weighted by molar-refractivity contribution is 7.90. The fourth-order valence-corrected chi connectivity index (χ4v) is 2.44. The Kier molecular flexibility index (Phi) is 4.85. The van der Waals surface area contributed by atoms with Gasteiger partial charge >= 0.3 is 0 Å². The highest BCUT2D eigenvalue weighted by Gasteiger charge is 2.06. The molecule has 2 aromatic rings. The topological polar surface area (TPSA) is 52.6 Å².